The summed E-state index contributed by atoms with van der Waals surface area (Å²) in [6.07, 6.45) is 3.53. The minimum absolute atomic E-state index is 0.190. The maximum absolute atomic E-state index is 13.3. The van der Waals surface area contributed by atoms with E-state index >= 15 is 0 Å². The minimum atomic E-state index is -3.93. The second-order valence-corrected chi connectivity index (χ2v) is 14.3. The molecule has 0 aliphatic carbocycles. The van der Waals surface area contributed by atoms with Crippen LogP contribution in [0.15, 0.2) is 121 Å². The molecule has 12 nitrogen and oxygen atoms in total. The van der Waals surface area contributed by atoms with Crippen LogP contribution in [0, 0.1) is 20.8 Å². The van der Waals surface area contributed by atoms with Crippen LogP contribution in [0.25, 0.3) is 0 Å². The van der Waals surface area contributed by atoms with Crippen molar-refractivity contribution < 1.29 is 57.0 Å². The molecule has 0 saturated carbocycles. The highest BCUT2D eigenvalue weighted by Crippen LogP contribution is 2.49. The number of ether oxygens (including phenoxy) is 2. The number of carboxylic acid groups (broad SMARTS) is 2. The molecule has 0 atom stereocenters. The van der Waals surface area contributed by atoms with E-state index in [9.17, 15) is 23.7 Å². The summed E-state index contributed by atoms with van der Waals surface area (Å²) in [5.41, 5.74) is 3.38. The van der Waals surface area contributed by atoms with Crippen LogP contribution in [0.3, 0.4) is 0 Å². The molecule has 0 unspecified atom stereocenters. The van der Waals surface area contributed by atoms with Crippen LogP contribution in [-0.2, 0) is 14.0 Å². The number of rotatable bonds is 16. The third-order valence-electron chi connectivity index (χ3n) is 7.93. The van der Waals surface area contributed by atoms with Gasteiger partial charge in [-0.3, -0.25) is 0 Å². The smallest absolute Gasteiger partial charge is 0.478 e. The van der Waals surface area contributed by atoms with Crippen molar-refractivity contribution in [3.05, 3.63) is 160 Å². The fraction of sp³-hybridized carbons (Fsp3) is 0.244. The lowest BCUT2D eigenvalue weighted by Crippen LogP contribution is -2.14. The second-order valence-electron chi connectivity index (χ2n) is 12.8. The first-order valence-corrected chi connectivity index (χ1v) is 20.1. The van der Waals surface area contributed by atoms with Gasteiger partial charge in [0, 0.05) is 0 Å². The minimum Gasteiger partial charge on any atom is -0.478 e. The number of aryl methyl sites for hydroxylation is 3. The van der Waals surface area contributed by atoms with E-state index in [0.717, 1.165) is 42.4 Å². The number of carbonyl (C=O) groups is 4. The Morgan fingerprint density at radius 1 is 0.466 bits per heavy atom. The Balaban J connectivity index is 0.000000249. The predicted molar refractivity (Wildman–Crippen MR) is 220 cm³/mol. The summed E-state index contributed by atoms with van der Waals surface area (Å²) in [6, 6.07) is 33.7. The number of hydrogen-bond donors (Lipinski definition) is 2. The van der Waals surface area contributed by atoms with Gasteiger partial charge < -0.3 is 33.3 Å². The molecule has 13 heteroatoms. The molecule has 0 aromatic heterocycles. The van der Waals surface area contributed by atoms with E-state index in [1.165, 1.54) is 24.3 Å². The average molecular weight is 813 g/mol. The number of phosphoric ester groups is 1. The number of aromatic carboxylic acids is 2. The van der Waals surface area contributed by atoms with Crippen molar-refractivity contribution in [2.45, 2.75) is 60.3 Å². The molecule has 0 bridgehead atoms. The Bertz CT molecular complexity index is 1930. The second kappa shape index (κ2) is 23.6. The lowest BCUT2D eigenvalue weighted by Gasteiger charge is -2.19. The van der Waals surface area contributed by atoms with Crippen molar-refractivity contribution >= 4 is 31.7 Å². The summed E-state index contributed by atoms with van der Waals surface area (Å²) in [7, 11) is -3.93. The molecule has 2 N–H and O–H groups in total. The average Bonchev–Trinajstić information content (AvgIpc) is 3.21. The lowest BCUT2D eigenvalue weighted by atomic mass is 10.1. The van der Waals surface area contributed by atoms with Gasteiger partial charge in [0.15, 0.2) is 0 Å². The number of benzene rings is 5. The maximum Gasteiger partial charge on any atom is 0.647 e. The highest BCUT2D eigenvalue weighted by molar-refractivity contribution is 7.49. The molecule has 0 spiro atoms. The van der Waals surface area contributed by atoms with Crippen LogP contribution < -0.4 is 13.6 Å². The van der Waals surface area contributed by atoms with E-state index in [2.05, 4.69) is 0 Å². The van der Waals surface area contributed by atoms with Crippen molar-refractivity contribution in [2.24, 2.45) is 0 Å². The van der Waals surface area contributed by atoms with Crippen molar-refractivity contribution in [1.82, 2.24) is 0 Å². The Hall–Kier alpha value is -6.39. The molecular weight excluding hydrogens is 763 g/mol. The standard InChI is InChI=1S/C21H21O4P.C16H22O4.C8H6O4/c1-16-4-10-19(11-5-16)23-26(22,24-20-12-6-17(2)7-13-20)25-21-14-8-18(3)9-15-21;1-3-5-11-19-15(17)13-9-7-8-10-14(13)16(18)20-12-6-4-2;9-7(10)5-3-1-2-4-6(5)8(11)12/h4-15H,1-3H3;7-10H,3-6,11-12H2,1-2H3;1-4H,(H,9,10)(H,11,12). The van der Waals surface area contributed by atoms with Gasteiger partial charge in [0.05, 0.1) is 35.5 Å². The van der Waals surface area contributed by atoms with Crippen molar-refractivity contribution in [2.75, 3.05) is 13.2 Å². The molecule has 0 fully saturated rings. The Morgan fingerprint density at radius 3 is 1.00 bits per heavy atom. The van der Waals surface area contributed by atoms with E-state index in [1.807, 2.05) is 71.0 Å². The Kier molecular flexibility index (Phi) is 18.7. The van der Waals surface area contributed by atoms with E-state index in [0.29, 0.717) is 30.5 Å². The SMILES string of the molecule is CCCCOC(=O)c1ccccc1C(=O)OCCCC.Cc1ccc(OP(=O)(Oc2ccc(C)cc2)Oc2ccc(C)cc2)cc1.O=C(O)c1ccccc1C(=O)O. The Labute approximate surface area is 338 Å². The van der Waals surface area contributed by atoms with Crippen LogP contribution >= 0.6 is 7.82 Å². The van der Waals surface area contributed by atoms with Crippen molar-refractivity contribution in [3.8, 4) is 17.2 Å². The van der Waals surface area contributed by atoms with Gasteiger partial charge in [-0.2, -0.15) is 4.57 Å². The maximum atomic E-state index is 13.3. The zero-order valence-electron chi connectivity index (χ0n) is 33.2. The van der Waals surface area contributed by atoms with Crippen LogP contribution in [-0.4, -0.2) is 47.3 Å². The van der Waals surface area contributed by atoms with Gasteiger partial charge in [-0.05, 0) is 94.3 Å². The molecular formula is C45H49O12P. The van der Waals surface area contributed by atoms with E-state index in [-0.39, 0.29) is 22.3 Å². The number of unbranched alkanes of at least 4 members (excludes halogenated alkanes) is 2. The molecule has 5 aromatic carbocycles. The van der Waals surface area contributed by atoms with Crippen LogP contribution in [0.5, 0.6) is 17.2 Å². The molecule has 0 heterocycles. The topological polar surface area (TPSA) is 172 Å². The van der Waals surface area contributed by atoms with Gasteiger partial charge in [-0.15, -0.1) is 0 Å². The largest absolute Gasteiger partial charge is 0.647 e. The van der Waals surface area contributed by atoms with Gasteiger partial charge in [-0.1, -0.05) is 104 Å². The highest BCUT2D eigenvalue weighted by Gasteiger charge is 2.33. The quantitative estimate of drug-likeness (QED) is 0.0549. The Morgan fingerprint density at radius 2 is 0.741 bits per heavy atom. The normalized spacial score (nSPS) is 10.4. The molecule has 58 heavy (non-hydrogen) atoms. The zero-order chi connectivity index (χ0) is 42.5. The third-order valence-corrected chi connectivity index (χ3v) is 9.23. The first kappa shape index (κ1) is 46.0. The fourth-order valence-electron chi connectivity index (χ4n) is 4.71. The first-order chi connectivity index (χ1) is 27.7. The van der Waals surface area contributed by atoms with Gasteiger partial charge in [0.25, 0.3) is 0 Å². The summed E-state index contributed by atoms with van der Waals surface area (Å²) in [5.74, 6) is -2.15. The summed E-state index contributed by atoms with van der Waals surface area (Å²) in [4.78, 5) is 44.8. The molecule has 0 aliphatic rings. The van der Waals surface area contributed by atoms with Crippen molar-refractivity contribution in [3.63, 3.8) is 0 Å². The van der Waals surface area contributed by atoms with Crippen LogP contribution in [0.2, 0.25) is 0 Å². The van der Waals surface area contributed by atoms with Crippen LogP contribution in [0.4, 0.5) is 0 Å². The number of carboxylic acids is 2. The molecule has 306 valence electrons. The van der Waals surface area contributed by atoms with Gasteiger partial charge >= 0.3 is 31.7 Å². The van der Waals surface area contributed by atoms with E-state index in [1.54, 1.807) is 60.7 Å². The first-order valence-electron chi connectivity index (χ1n) is 18.6. The predicted octanol–water partition coefficient (Wildman–Crippen LogP) is 10.9. The molecule has 0 radical (unpaired) electrons. The zero-order valence-corrected chi connectivity index (χ0v) is 34.1. The summed E-state index contributed by atoms with van der Waals surface area (Å²) < 4.78 is 40.5. The van der Waals surface area contributed by atoms with Gasteiger partial charge in [0.1, 0.15) is 17.2 Å². The molecule has 5 rings (SSSR count). The number of phosphoric acid groups is 1. The van der Waals surface area contributed by atoms with Gasteiger partial charge in [-0.25, -0.2) is 19.2 Å². The van der Waals surface area contributed by atoms with Crippen LogP contribution in [0.1, 0.15) is 97.7 Å². The third kappa shape index (κ3) is 15.6. The summed E-state index contributed by atoms with van der Waals surface area (Å²) in [5, 5.41) is 17.1. The molecule has 5 aromatic rings. The lowest BCUT2D eigenvalue weighted by molar-refractivity contribution is 0.0452. The monoisotopic (exact) mass is 812 g/mol. The fourth-order valence-corrected chi connectivity index (χ4v) is 5.96. The highest BCUT2D eigenvalue weighted by atomic mass is 31.2. The van der Waals surface area contributed by atoms with Crippen molar-refractivity contribution in [1.29, 1.82) is 0 Å². The van der Waals surface area contributed by atoms with Gasteiger partial charge in [0.2, 0.25) is 0 Å². The molecule has 0 saturated heterocycles. The number of carbonyl (C=O) groups excluding carboxylic acids is 2. The van der Waals surface area contributed by atoms with E-state index < -0.39 is 31.7 Å². The van der Waals surface area contributed by atoms with E-state index in [4.69, 9.17) is 33.3 Å². The summed E-state index contributed by atoms with van der Waals surface area (Å²) >= 11 is 0. The summed E-state index contributed by atoms with van der Waals surface area (Å²) in [6.45, 7) is 10.7. The molecule has 0 amide bonds. The number of hydrogen-bond acceptors (Lipinski definition) is 10. The molecule has 0 aliphatic heterocycles. The number of esters is 2.